The fourth-order valence-electron chi connectivity index (χ4n) is 1.82. The lowest BCUT2D eigenvalue weighted by atomic mass is 10.1. The number of hydrogen-bond acceptors (Lipinski definition) is 2. The number of aliphatic imine (C=N–C) groups is 1. The van der Waals surface area contributed by atoms with Gasteiger partial charge in [-0.25, -0.2) is 4.39 Å². The van der Waals surface area contributed by atoms with Crippen LogP contribution < -0.4 is 5.73 Å². The van der Waals surface area contributed by atoms with Crippen LogP contribution in [0.3, 0.4) is 0 Å². The number of halogens is 1. The zero-order valence-electron chi connectivity index (χ0n) is 11.3. The first-order chi connectivity index (χ1) is 9.65. The van der Waals surface area contributed by atoms with Crippen molar-refractivity contribution in [2.24, 2.45) is 10.7 Å². The van der Waals surface area contributed by atoms with E-state index in [-0.39, 0.29) is 11.9 Å². The number of rotatable bonds is 4. The third-order valence-electron chi connectivity index (χ3n) is 2.88. The number of amidine groups is 1. The first-order valence-electron chi connectivity index (χ1n) is 6.40. The lowest BCUT2D eigenvalue weighted by Gasteiger charge is -2.08. The third kappa shape index (κ3) is 4.38. The molecule has 2 aromatic rings. The van der Waals surface area contributed by atoms with Crippen molar-refractivity contribution in [3.05, 3.63) is 71.5 Å². The molecule has 2 aromatic carbocycles. The van der Waals surface area contributed by atoms with Gasteiger partial charge in [0.1, 0.15) is 5.82 Å². The molecule has 0 saturated carbocycles. The quantitative estimate of drug-likeness (QED) is 0.678. The lowest BCUT2D eigenvalue weighted by Crippen LogP contribution is -2.09. The van der Waals surface area contributed by atoms with Gasteiger partial charge in [0.05, 0.1) is 6.04 Å². The first-order valence-corrected chi connectivity index (χ1v) is 7.39. The molecule has 0 amide bonds. The number of nitrogens with two attached hydrogens (primary N) is 1. The summed E-state index contributed by atoms with van der Waals surface area (Å²) in [5.74, 6) is 0.394. The van der Waals surface area contributed by atoms with Gasteiger partial charge in [0.15, 0.2) is 5.17 Å². The Bertz CT molecular complexity index is 584. The van der Waals surface area contributed by atoms with Gasteiger partial charge in [-0.05, 0) is 30.2 Å². The zero-order chi connectivity index (χ0) is 14.4. The summed E-state index contributed by atoms with van der Waals surface area (Å²) in [6, 6.07) is 16.5. The molecule has 2 N–H and O–H groups in total. The normalized spacial score (nSPS) is 13.2. The van der Waals surface area contributed by atoms with E-state index in [0.29, 0.717) is 10.9 Å². The summed E-state index contributed by atoms with van der Waals surface area (Å²) in [7, 11) is 0. The van der Waals surface area contributed by atoms with Gasteiger partial charge < -0.3 is 5.73 Å². The Balaban J connectivity index is 1.94. The van der Waals surface area contributed by atoms with E-state index in [1.165, 1.54) is 23.9 Å². The molecule has 0 aliphatic rings. The van der Waals surface area contributed by atoms with Crippen molar-refractivity contribution in [2.75, 3.05) is 0 Å². The Kier molecular flexibility index (Phi) is 5.18. The highest BCUT2D eigenvalue weighted by atomic mass is 32.2. The summed E-state index contributed by atoms with van der Waals surface area (Å²) >= 11 is 1.42. The Morgan fingerprint density at radius 1 is 1.20 bits per heavy atom. The van der Waals surface area contributed by atoms with Crippen LogP contribution in [0.15, 0.2) is 59.6 Å². The van der Waals surface area contributed by atoms with Crippen molar-refractivity contribution in [2.45, 2.75) is 18.7 Å². The minimum atomic E-state index is -0.226. The van der Waals surface area contributed by atoms with Crippen molar-refractivity contribution in [3.63, 3.8) is 0 Å². The summed E-state index contributed by atoms with van der Waals surface area (Å²) in [5, 5.41) is 0.519. The lowest BCUT2D eigenvalue weighted by molar-refractivity contribution is 0.626. The average Bonchev–Trinajstić information content (AvgIpc) is 2.46. The van der Waals surface area contributed by atoms with Crippen molar-refractivity contribution in [1.82, 2.24) is 0 Å². The van der Waals surface area contributed by atoms with E-state index in [1.807, 2.05) is 43.3 Å². The number of nitrogens with zero attached hydrogens (tertiary/aromatic N) is 1. The molecule has 0 aliphatic heterocycles. The van der Waals surface area contributed by atoms with Gasteiger partial charge in [-0.15, -0.1) is 0 Å². The summed E-state index contributed by atoms with van der Waals surface area (Å²) in [6.45, 7) is 2.00. The average molecular weight is 288 g/mol. The van der Waals surface area contributed by atoms with Crippen LogP contribution in [0, 0.1) is 5.82 Å². The van der Waals surface area contributed by atoms with E-state index < -0.39 is 0 Å². The van der Waals surface area contributed by atoms with Gasteiger partial charge in [0, 0.05) is 5.75 Å². The predicted octanol–water partition coefficient (Wildman–Crippen LogP) is 4.13. The highest BCUT2D eigenvalue weighted by Crippen LogP contribution is 2.19. The molecule has 0 aromatic heterocycles. The summed E-state index contributed by atoms with van der Waals surface area (Å²) in [5.41, 5.74) is 7.95. The number of benzene rings is 2. The van der Waals surface area contributed by atoms with Crippen LogP contribution in [0.5, 0.6) is 0 Å². The molecule has 0 saturated heterocycles. The minimum absolute atomic E-state index is 0.0243. The fraction of sp³-hybridized carbons (Fsp3) is 0.188. The molecule has 4 heteroatoms. The van der Waals surface area contributed by atoms with Crippen LogP contribution in [0.25, 0.3) is 0 Å². The fourth-order valence-corrected chi connectivity index (χ4v) is 2.55. The van der Waals surface area contributed by atoms with E-state index in [9.17, 15) is 4.39 Å². The molecule has 2 nitrogen and oxygen atoms in total. The third-order valence-corrected chi connectivity index (χ3v) is 3.76. The van der Waals surface area contributed by atoms with Crippen molar-refractivity contribution in [1.29, 1.82) is 0 Å². The van der Waals surface area contributed by atoms with E-state index in [0.717, 1.165) is 11.1 Å². The summed E-state index contributed by atoms with van der Waals surface area (Å²) in [4.78, 5) is 4.45. The predicted molar refractivity (Wildman–Crippen MR) is 84.2 cm³/mol. The number of thioether (sulfide) groups is 1. The van der Waals surface area contributed by atoms with Crippen LogP contribution in [0.4, 0.5) is 4.39 Å². The molecule has 104 valence electrons. The Labute approximate surface area is 122 Å². The molecule has 0 spiro atoms. The van der Waals surface area contributed by atoms with Gasteiger partial charge in [0.25, 0.3) is 0 Å². The van der Waals surface area contributed by atoms with Gasteiger partial charge in [-0.1, -0.05) is 54.2 Å². The second-order valence-electron chi connectivity index (χ2n) is 4.47. The van der Waals surface area contributed by atoms with Crippen LogP contribution in [0.2, 0.25) is 0 Å². The zero-order valence-corrected chi connectivity index (χ0v) is 12.1. The SMILES string of the molecule is C[C@H](N=C(N)SCc1cccc(F)c1)c1ccccc1. The maximum Gasteiger partial charge on any atom is 0.154 e. The Hall–Kier alpha value is -1.81. The highest BCUT2D eigenvalue weighted by molar-refractivity contribution is 8.13. The maximum atomic E-state index is 13.1. The molecular weight excluding hydrogens is 271 g/mol. The van der Waals surface area contributed by atoms with Gasteiger partial charge in [0.2, 0.25) is 0 Å². The number of hydrogen-bond donors (Lipinski definition) is 1. The topological polar surface area (TPSA) is 38.4 Å². The molecule has 0 heterocycles. The summed E-state index contributed by atoms with van der Waals surface area (Å²) in [6.07, 6.45) is 0. The second-order valence-corrected chi connectivity index (χ2v) is 5.47. The van der Waals surface area contributed by atoms with Crippen LogP contribution >= 0.6 is 11.8 Å². The second kappa shape index (κ2) is 7.10. The van der Waals surface area contributed by atoms with E-state index in [1.54, 1.807) is 6.07 Å². The molecular formula is C16H17FN2S. The standard InChI is InChI=1S/C16H17FN2S/c1-12(14-7-3-2-4-8-14)19-16(18)20-11-13-6-5-9-15(17)10-13/h2-10,12H,11H2,1H3,(H2,18,19)/t12-/m0/s1. The molecule has 0 unspecified atom stereocenters. The van der Waals surface area contributed by atoms with Crippen LogP contribution in [-0.2, 0) is 5.75 Å². The molecule has 20 heavy (non-hydrogen) atoms. The van der Waals surface area contributed by atoms with Gasteiger partial charge in [-0.2, -0.15) is 0 Å². The summed E-state index contributed by atoms with van der Waals surface area (Å²) < 4.78 is 13.1. The monoisotopic (exact) mass is 288 g/mol. The largest absolute Gasteiger partial charge is 0.379 e. The van der Waals surface area contributed by atoms with Gasteiger partial charge in [-0.3, -0.25) is 4.99 Å². The highest BCUT2D eigenvalue weighted by Gasteiger charge is 2.04. The maximum absolute atomic E-state index is 13.1. The molecule has 1 atom stereocenters. The van der Waals surface area contributed by atoms with Crippen molar-refractivity contribution < 1.29 is 4.39 Å². The van der Waals surface area contributed by atoms with Crippen LogP contribution in [0.1, 0.15) is 24.1 Å². The molecule has 0 fully saturated rings. The van der Waals surface area contributed by atoms with Gasteiger partial charge >= 0.3 is 0 Å². The molecule has 0 bridgehead atoms. The molecule has 0 radical (unpaired) electrons. The van der Waals surface area contributed by atoms with Crippen molar-refractivity contribution in [3.8, 4) is 0 Å². The van der Waals surface area contributed by atoms with E-state index >= 15 is 0 Å². The van der Waals surface area contributed by atoms with E-state index in [2.05, 4.69) is 4.99 Å². The smallest absolute Gasteiger partial charge is 0.154 e. The van der Waals surface area contributed by atoms with Crippen LogP contribution in [-0.4, -0.2) is 5.17 Å². The Morgan fingerprint density at radius 2 is 1.95 bits per heavy atom. The van der Waals surface area contributed by atoms with Crippen molar-refractivity contribution >= 4 is 16.9 Å². The molecule has 2 rings (SSSR count). The Morgan fingerprint density at radius 3 is 2.65 bits per heavy atom. The minimum Gasteiger partial charge on any atom is -0.379 e. The van der Waals surface area contributed by atoms with E-state index in [4.69, 9.17) is 5.73 Å². The molecule has 0 aliphatic carbocycles. The first kappa shape index (κ1) is 14.6.